The highest BCUT2D eigenvalue weighted by atomic mass is 32.2. The number of rotatable bonds is 46. The number of allylic oxidation sites excluding steroid dienone is 9. The zero-order valence-electron chi connectivity index (χ0n) is 58.8. The summed E-state index contributed by atoms with van der Waals surface area (Å²) in [5.74, 6) is -7.06. The van der Waals surface area contributed by atoms with Crippen molar-refractivity contribution in [1.29, 1.82) is 0 Å². The maximum absolute atomic E-state index is 14.4. The maximum Gasteiger partial charge on any atom is 0.308 e. The molecule has 27 nitrogen and oxygen atoms in total. The van der Waals surface area contributed by atoms with Crippen LogP contribution in [-0.2, 0) is 58.9 Å². The predicted molar refractivity (Wildman–Crippen MR) is 376 cm³/mol. The Balaban J connectivity index is 1.46. The maximum atomic E-state index is 14.4. The summed E-state index contributed by atoms with van der Waals surface area (Å²) >= 11 is 1.49. The number of carbonyl (C=O) groups is 6. The van der Waals surface area contributed by atoms with Crippen LogP contribution in [-0.4, -0.2) is 241 Å². The van der Waals surface area contributed by atoms with Crippen LogP contribution in [0.4, 0.5) is 0 Å². The predicted octanol–water partition coefficient (Wildman–Crippen LogP) is 1.23. The quantitative estimate of drug-likeness (QED) is 0.0143. The first kappa shape index (κ1) is 86.6. The van der Waals surface area contributed by atoms with Crippen LogP contribution in [0.15, 0.2) is 103 Å². The average Bonchev–Trinajstić information content (AvgIpc) is 1.03. The molecule has 2 heterocycles. The summed E-state index contributed by atoms with van der Waals surface area (Å²) in [5, 5.41) is 125. The SMILES string of the molecule is CC=CCCC=CC=CC=CC=CC(CC1OC(O)(CC(O)C(O)CCC(O)CC(O)CC(O)CC(=O)OC(C)C2C=CC(C)C2O)CC(O)C1C(=O)NCCOCCNC(=O)C(Cc1ccccc1)NC(=O)C(CC(C)C)NC(=O)C(CCSC)NC=O)OC1OC(C)C(O)C(N)C1O. The van der Waals surface area contributed by atoms with E-state index in [9.17, 15) is 79.8 Å². The summed E-state index contributed by atoms with van der Waals surface area (Å²) < 4.78 is 29.7. The third kappa shape index (κ3) is 31.1. The van der Waals surface area contributed by atoms with Gasteiger partial charge in [-0.1, -0.05) is 124 Å². The fourth-order valence-electron chi connectivity index (χ4n) is 12.1. The van der Waals surface area contributed by atoms with Gasteiger partial charge in [-0.2, -0.15) is 11.8 Å². The number of ether oxygens (including phenoxy) is 5. The molecule has 1 aromatic carbocycles. The molecule has 17 N–H and O–H groups in total. The number of amides is 5. The number of hydrogen-bond acceptors (Lipinski definition) is 23. The summed E-state index contributed by atoms with van der Waals surface area (Å²) in [7, 11) is 0. The van der Waals surface area contributed by atoms with Crippen LogP contribution >= 0.6 is 11.8 Å². The Bertz CT molecular complexity index is 2780. The molecule has 0 bridgehead atoms. The Morgan fingerprint density at radius 1 is 0.750 bits per heavy atom. The fraction of sp³-hybridized carbons (Fsp3) is 0.667. The highest BCUT2D eigenvalue weighted by Crippen LogP contribution is 2.38. The van der Waals surface area contributed by atoms with E-state index in [0.29, 0.717) is 18.6 Å². The van der Waals surface area contributed by atoms with E-state index in [1.807, 2.05) is 70.4 Å². The number of aliphatic hydroxyl groups excluding tert-OH is 9. The van der Waals surface area contributed by atoms with Gasteiger partial charge >= 0.3 is 5.97 Å². The molecule has 100 heavy (non-hydrogen) atoms. The lowest BCUT2D eigenvalue weighted by Gasteiger charge is -2.46. The molecule has 4 rings (SSSR count). The monoisotopic (exact) mass is 1430 g/mol. The van der Waals surface area contributed by atoms with Crippen molar-refractivity contribution in [3.8, 4) is 0 Å². The molecular weight excluding hydrogens is 1320 g/mol. The normalized spacial score (nSPS) is 27.2. The first-order valence-corrected chi connectivity index (χ1v) is 36.2. The Labute approximate surface area is 592 Å². The summed E-state index contributed by atoms with van der Waals surface area (Å²) in [4.78, 5) is 79.4. The number of carbonyl (C=O) groups excluding carboxylic acids is 6. The van der Waals surface area contributed by atoms with E-state index in [4.69, 9.17) is 29.4 Å². The van der Waals surface area contributed by atoms with E-state index in [-0.39, 0.29) is 83.1 Å². The summed E-state index contributed by atoms with van der Waals surface area (Å²) in [6, 6.07) is 4.79. The van der Waals surface area contributed by atoms with E-state index in [0.717, 1.165) is 18.4 Å². The second kappa shape index (κ2) is 46.1. The standard InChI is InChI=1S/C72H114N6O21S/c1-8-9-10-11-12-13-14-15-16-17-21-24-52(98-71-66(89)63(73)65(88)47(6)97-71)40-60-62(59(85)42-72(94,99-60)41-58(84)57(83)28-26-49(80)37-50(81)38-51(82)39-61(86)96-46(5)53-27-25-45(4)64(53)87)70(93)75-31-33-95-32-30-74-67(90)56(36-48-22-19-18-20-23-48)78-69(92)55(35-44(2)3)77-68(91)54(76-43-79)29-34-100-7/h8-9,12-25,27,43-47,49-60,62-66,71,80-85,87-89,94H,10-11,26,28-42,73H2,1-7H3,(H,74,90)(H,75,93)(H,76,79)(H,77,91)(H,78,92). The van der Waals surface area contributed by atoms with Crippen molar-refractivity contribution in [2.45, 2.75) is 241 Å². The molecule has 5 amide bonds. The average molecular weight is 1430 g/mol. The molecular formula is C72H114N6O21S. The van der Waals surface area contributed by atoms with Crippen LogP contribution in [0.3, 0.4) is 0 Å². The molecule has 0 aromatic heterocycles. The van der Waals surface area contributed by atoms with Crippen LogP contribution in [0.5, 0.6) is 0 Å². The number of nitrogens with two attached hydrogens (primary N) is 1. The van der Waals surface area contributed by atoms with Gasteiger partial charge in [0.15, 0.2) is 12.1 Å². The molecule has 0 saturated carbocycles. The van der Waals surface area contributed by atoms with Crippen LogP contribution in [0.2, 0.25) is 0 Å². The van der Waals surface area contributed by atoms with Crippen LogP contribution in [0, 0.1) is 23.7 Å². The smallest absolute Gasteiger partial charge is 0.308 e. The number of hydrogen-bond donors (Lipinski definition) is 16. The van der Waals surface area contributed by atoms with Gasteiger partial charge in [0.1, 0.15) is 30.3 Å². The van der Waals surface area contributed by atoms with Crippen molar-refractivity contribution in [3.05, 3.63) is 109 Å². The van der Waals surface area contributed by atoms with Crippen molar-refractivity contribution in [3.63, 3.8) is 0 Å². The first-order chi connectivity index (χ1) is 47.6. The third-order valence-corrected chi connectivity index (χ3v) is 18.3. The lowest BCUT2D eigenvalue weighted by Crippen LogP contribution is -2.62. The molecule has 22 unspecified atom stereocenters. The third-order valence-electron chi connectivity index (χ3n) is 17.7. The molecule has 0 radical (unpaired) electrons. The molecule has 28 heteroatoms. The number of nitrogens with one attached hydrogen (secondary N) is 5. The lowest BCUT2D eigenvalue weighted by atomic mass is 9.82. The van der Waals surface area contributed by atoms with Crippen molar-refractivity contribution in [1.82, 2.24) is 26.6 Å². The Hall–Kier alpha value is -5.77. The summed E-state index contributed by atoms with van der Waals surface area (Å²) in [6.45, 7) is 10.4. The van der Waals surface area contributed by atoms with E-state index >= 15 is 0 Å². The van der Waals surface area contributed by atoms with Crippen molar-refractivity contribution < 1.29 is 104 Å². The van der Waals surface area contributed by atoms with Crippen LogP contribution < -0.4 is 32.3 Å². The minimum atomic E-state index is -2.42. The van der Waals surface area contributed by atoms with Gasteiger partial charge in [-0.05, 0) is 95.6 Å². The Kier molecular flexibility index (Phi) is 39.9. The molecule has 0 spiro atoms. The van der Waals surface area contributed by atoms with E-state index in [1.54, 1.807) is 67.6 Å². The molecule has 1 aliphatic carbocycles. The van der Waals surface area contributed by atoms with Gasteiger partial charge in [0.05, 0.1) is 98.7 Å². The van der Waals surface area contributed by atoms with Crippen molar-refractivity contribution in [2.24, 2.45) is 29.4 Å². The van der Waals surface area contributed by atoms with Crippen molar-refractivity contribution >= 4 is 47.8 Å². The van der Waals surface area contributed by atoms with E-state index in [1.165, 1.54) is 18.7 Å². The second-order valence-corrected chi connectivity index (χ2v) is 27.6. The highest BCUT2D eigenvalue weighted by molar-refractivity contribution is 7.98. The number of esters is 1. The first-order valence-electron chi connectivity index (χ1n) is 34.8. The largest absolute Gasteiger partial charge is 0.462 e. The molecule has 1 aromatic rings. The Morgan fingerprint density at radius 2 is 1.40 bits per heavy atom. The molecule has 564 valence electrons. The van der Waals surface area contributed by atoms with Crippen LogP contribution in [0.25, 0.3) is 0 Å². The summed E-state index contributed by atoms with van der Waals surface area (Å²) in [5.41, 5.74) is 6.92. The van der Waals surface area contributed by atoms with E-state index in [2.05, 4.69) is 32.7 Å². The minimum absolute atomic E-state index is 0.0383. The number of thioether (sulfide) groups is 1. The topological polar surface area (TPSA) is 437 Å². The Morgan fingerprint density at radius 3 is 2.06 bits per heavy atom. The van der Waals surface area contributed by atoms with Gasteiger partial charge in [0, 0.05) is 50.6 Å². The molecule has 2 fully saturated rings. The van der Waals surface area contributed by atoms with Gasteiger partial charge in [-0.15, -0.1) is 0 Å². The minimum Gasteiger partial charge on any atom is -0.462 e. The van der Waals surface area contributed by atoms with Gasteiger partial charge in [0.25, 0.3) is 0 Å². The zero-order valence-corrected chi connectivity index (χ0v) is 59.6. The van der Waals surface area contributed by atoms with Gasteiger partial charge < -0.3 is 107 Å². The fourth-order valence-corrected chi connectivity index (χ4v) is 12.5. The van der Waals surface area contributed by atoms with Gasteiger partial charge in [-0.25, -0.2) is 0 Å². The van der Waals surface area contributed by atoms with Crippen molar-refractivity contribution in [2.75, 3.05) is 38.3 Å². The van der Waals surface area contributed by atoms with Gasteiger partial charge in [-0.3, -0.25) is 28.8 Å². The number of benzene rings is 1. The molecule has 2 saturated heterocycles. The summed E-state index contributed by atoms with van der Waals surface area (Å²) in [6.07, 6.45) is 5.18. The molecule has 2 aliphatic heterocycles. The molecule has 3 aliphatic rings. The lowest BCUT2D eigenvalue weighted by molar-refractivity contribution is -0.308. The number of aliphatic hydroxyl groups is 10. The zero-order chi connectivity index (χ0) is 73.9. The second-order valence-electron chi connectivity index (χ2n) is 26.6. The highest BCUT2D eigenvalue weighted by Gasteiger charge is 2.51. The number of unbranched alkanes of at least 4 members (excludes halogenated alkanes) is 1. The van der Waals surface area contributed by atoms with E-state index < -0.39 is 176 Å². The molecule has 22 atom stereocenters. The van der Waals surface area contributed by atoms with Gasteiger partial charge in [0.2, 0.25) is 30.0 Å². The van der Waals surface area contributed by atoms with Crippen LogP contribution in [0.1, 0.15) is 124 Å².